The Morgan fingerprint density at radius 3 is 1.46 bits per heavy atom. The summed E-state index contributed by atoms with van der Waals surface area (Å²) in [6.07, 6.45) is 0. The van der Waals surface area contributed by atoms with Gasteiger partial charge in [0.1, 0.15) is 11.5 Å². The van der Waals surface area contributed by atoms with Crippen LogP contribution in [0, 0.1) is 0 Å². The molecule has 1 aliphatic heterocycles. The van der Waals surface area contributed by atoms with Crippen LogP contribution in [0.1, 0.15) is 22.3 Å². The maximum absolute atomic E-state index is 6.57. The van der Waals surface area contributed by atoms with Gasteiger partial charge in [-0.2, -0.15) is 0 Å². The number of pyridine rings is 1. The van der Waals surface area contributed by atoms with Gasteiger partial charge in [0.2, 0.25) is 0 Å². The van der Waals surface area contributed by atoms with Crippen LogP contribution >= 0.6 is 0 Å². The lowest BCUT2D eigenvalue weighted by Crippen LogP contribution is -2.32. The van der Waals surface area contributed by atoms with E-state index in [2.05, 4.69) is 188 Å². The molecule has 0 saturated carbocycles. The van der Waals surface area contributed by atoms with Gasteiger partial charge in [0.25, 0.3) is 0 Å². The van der Waals surface area contributed by atoms with Crippen LogP contribution in [0.5, 0.6) is 11.5 Å². The smallest absolute Gasteiger partial charge is 0.132 e. The number of fused-ring (bicyclic) bond motifs is 9. The molecule has 2 heterocycles. The molecule has 7 aromatic carbocycles. The van der Waals surface area contributed by atoms with Crippen molar-refractivity contribution in [2.24, 2.45) is 0 Å². The van der Waals surface area contributed by atoms with Crippen molar-refractivity contribution in [2.75, 3.05) is 0 Å². The first-order valence-electron chi connectivity index (χ1n) is 17.1. The van der Waals surface area contributed by atoms with E-state index in [1.807, 2.05) is 0 Å². The van der Waals surface area contributed by atoms with Crippen molar-refractivity contribution in [1.29, 1.82) is 0 Å². The molecule has 2 aliphatic rings. The molecule has 1 spiro atoms. The third-order valence-corrected chi connectivity index (χ3v) is 10.4. The minimum absolute atomic E-state index is 0.515. The minimum Gasteiger partial charge on any atom is -0.457 e. The van der Waals surface area contributed by atoms with Gasteiger partial charge in [-0.1, -0.05) is 164 Å². The van der Waals surface area contributed by atoms with E-state index < -0.39 is 5.41 Å². The van der Waals surface area contributed by atoms with Gasteiger partial charge in [0.15, 0.2) is 0 Å². The third kappa shape index (κ3) is 4.25. The predicted octanol–water partition coefficient (Wildman–Crippen LogP) is 12.2. The zero-order chi connectivity index (χ0) is 33.1. The van der Waals surface area contributed by atoms with E-state index in [4.69, 9.17) is 9.72 Å². The molecule has 0 bridgehead atoms. The van der Waals surface area contributed by atoms with Crippen LogP contribution in [0.3, 0.4) is 0 Å². The van der Waals surface area contributed by atoms with Gasteiger partial charge < -0.3 is 4.74 Å². The van der Waals surface area contributed by atoms with E-state index in [1.54, 1.807) is 0 Å². The molecule has 1 aromatic heterocycles. The Kier molecular flexibility index (Phi) is 6.43. The fourth-order valence-corrected chi connectivity index (χ4v) is 8.20. The SMILES string of the molecule is c1ccc(-c2ccc(-c3cc(-c4cccc5c4-c4ccccc4C54c5ccccc5Oc5ccccc54)cc(-c4ccccc4)n3)cc2)cc1. The second-order valence-electron chi connectivity index (χ2n) is 13.1. The van der Waals surface area contributed by atoms with Crippen LogP contribution in [0.25, 0.3) is 55.9 Å². The van der Waals surface area contributed by atoms with Crippen LogP contribution < -0.4 is 4.74 Å². The lowest BCUT2D eigenvalue weighted by atomic mass is 9.66. The number of aromatic nitrogens is 1. The van der Waals surface area contributed by atoms with Crippen molar-refractivity contribution in [1.82, 2.24) is 4.98 Å². The van der Waals surface area contributed by atoms with Crippen molar-refractivity contribution in [3.05, 3.63) is 210 Å². The Labute approximate surface area is 292 Å². The molecule has 0 radical (unpaired) electrons. The largest absolute Gasteiger partial charge is 0.457 e. The molecule has 0 saturated heterocycles. The first-order valence-corrected chi connectivity index (χ1v) is 17.1. The molecule has 0 N–H and O–H groups in total. The summed E-state index contributed by atoms with van der Waals surface area (Å²) < 4.78 is 6.57. The third-order valence-electron chi connectivity index (χ3n) is 10.4. The molecule has 0 unspecified atom stereocenters. The molecule has 234 valence electrons. The summed E-state index contributed by atoms with van der Waals surface area (Å²) in [7, 11) is 0. The lowest BCUT2D eigenvalue weighted by Gasteiger charge is -2.39. The summed E-state index contributed by atoms with van der Waals surface area (Å²) in [5.74, 6) is 1.80. The molecule has 0 atom stereocenters. The fourth-order valence-electron chi connectivity index (χ4n) is 8.20. The summed E-state index contributed by atoms with van der Waals surface area (Å²) >= 11 is 0. The van der Waals surface area contributed by atoms with Gasteiger partial charge in [0.05, 0.1) is 16.8 Å². The van der Waals surface area contributed by atoms with E-state index in [-0.39, 0.29) is 0 Å². The van der Waals surface area contributed by atoms with Gasteiger partial charge in [-0.25, -0.2) is 4.98 Å². The lowest BCUT2D eigenvalue weighted by molar-refractivity contribution is 0.436. The number of hydrogen-bond donors (Lipinski definition) is 0. The van der Waals surface area contributed by atoms with E-state index in [0.717, 1.165) is 39.6 Å². The van der Waals surface area contributed by atoms with E-state index >= 15 is 0 Å². The highest BCUT2D eigenvalue weighted by molar-refractivity contribution is 5.97. The fraction of sp³-hybridized carbons (Fsp3) is 0.0208. The van der Waals surface area contributed by atoms with Crippen LogP contribution in [-0.4, -0.2) is 4.98 Å². The van der Waals surface area contributed by atoms with Crippen molar-refractivity contribution in [3.63, 3.8) is 0 Å². The normalized spacial score (nSPS) is 13.1. The zero-order valence-electron chi connectivity index (χ0n) is 27.3. The number of rotatable bonds is 4. The molecule has 2 nitrogen and oxygen atoms in total. The Bertz CT molecular complexity index is 2510. The number of benzene rings is 7. The maximum Gasteiger partial charge on any atom is 0.132 e. The van der Waals surface area contributed by atoms with Gasteiger partial charge in [0, 0.05) is 22.3 Å². The molecular formula is C48H31NO. The zero-order valence-corrected chi connectivity index (χ0v) is 27.3. The molecule has 8 aromatic rings. The molecule has 1 aliphatic carbocycles. The molecule has 10 rings (SSSR count). The van der Waals surface area contributed by atoms with Gasteiger partial charge in [-0.05, 0) is 68.8 Å². The number of nitrogens with zero attached hydrogens (tertiary/aromatic N) is 1. The standard InChI is InChI=1S/C48H31NO/c1-3-14-32(15-4-1)33-26-28-35(29-27-33)44-31-36(30-43(49-44)34-16-5-2-6-17-34)37-19-13-23-42-47(37)38-18-7-8-20-39(38)48(42)40-21-9-11-24-45(40)50-46-25-12-10-22-41(46)48/h1-31H. The summed E-state index contributed by atoms with van der Waals surface area (Å²) in [4.78, 5) is 5.27. The van der Waals surface area contributed by atoms with Crippen LogP contribution in [-0.2, 0) is 5.41 Å². The maximum atomic E-state index is 6.57. The quantitative estimate of drug-likeness (QED) is 0.192. The second kappa shape index (κ2) is 11.3. The van der Waals surface area contributed by atoms with Crippen LogP contribution in [0.4, 0.5) is 0 Å². The van der Waals surface area contributed by atoms with E-state index in [0.29, 0.717) is 0 Å². The number of hydrogen-bond acceptors (Lipinski definition) is 2. The predicted molar refractivity (Wildman–Crippen MR) is 203 cm³/mol. The number of ether oxygens (including phenoxy) is 1. The first-order chi connectivity index (χ1) is 24.8. The highest BCUT2D eigenvalue weighted by atomic mass is 16.5. The van der Waals surface area contributed by atoms with Crippen molar-refractivity contribution < 1.29 is 4.74 Å². The average Bonchev–Trinajstić information content (AvgIpc) is 3.49. The molecular weight excluding hydrogens is 607 g/mol. The van der Waals surface area contributed by atoms with Crippen molar-refractivity contribution >= 4 is 0 Å². The number of para-hydroxylation sites is 2. The highest BCUT2D eigenvalue weighted by Gasteiger charge is 2.51. The summed E-state index contributed by atoms with van der Waals surface area (Å²) in [6, 6.07) is 67.1. The second-order valence-corrected chi connectivity index (χ2v) is 13.1. The first kappa shape index (κ1) is 28.5. The van der Waals surface area contributed by atoms with Gasteiger partial charge in [-0.3, -0.25) is 0 Å². The van der Waals surface area contributed by atoms with E-state index in [9.17, 15) is 0 Å². The topological polar surface area (TPSA) is 22.1 Å². The van der Waals surface area contributed by atoms with Gasteiger partial charge >= 0.3 is 0 Å². The summed E-state index contributed by atoms with van der Waals surface area (Å²) in [5, 5.41) is 0. The Morgan fingerprint density at radius 2 is 0.800 bits per heavy atom. The van der Waals surface area contributed by atoms with Crippen LogP contribution in [0.15, 0.2) is 188 Å². The molecule has 0 fully saturated rings. The Hall–Kier alpha value is -6.51. The average molecular weight is 638 g/mol. The summed E-state index contributed by atoms with van der Waals surface area (Å²) in [5.41, 5.74) is 15.7. The molecule has 2 heteroatoms. The molecule has 0 amide bonds. The van der Waals surface area contributed by atoms with E-state index in [1.165, 1.54) is 50.1 Å². The molecule has 50 heavy (non-hydrogen) atoms. The Morgan fingerprint density at radius 1 is 0.340 bits per heavy atom. The Balaban J connectivity index is 1.22. The van der Waals surface area contributed by atoms with Crippen LogP contribution in [0.2, 0.25) is 0 Å². The van der Waals surface area contributed by atoms with Crippen molar-refractivity contribution in [2.45, 2.75) is 5.41 Å². The van der Waals surface area contributed by atoms with Crippen molar-refractivity contribution in [3.8, 4) is 67.4 Å². The van der Waals surface area contributed by atoms with Gasteiger partial charge in [-0.15, -0.1) is 0 Å². The highest BCUT2D eigenvalue weighted by Crippen LogP contribution is 2.63. The minimum atomic E-state index is -0.515. The summed E-state index contributed by atoms with van der Waals surface area (Å²) in [6.45, 7) is 0. The monoisotopic (exact) mass is 637 g/mol.